The van der Waals surface area contributed by atoms with E-state index in [1.807, 2.05) is 18.2 Å². The van der Waals surface area contributed by atoms with Gasteiger partial charge in [-0.1, -0.05) is 18.2 Å². The molecule has 4 nitrogen and oxygen atoms in total. The Kier molecular flexibility index (Phi) is 2.91. The normalized spacial score (nSPS) is 34.4. The average Bonchev–Trinajstić information content (AvgIpc) is 3.10. The predicted molar refractivity (Wildman–Crippen MR) is 75.5 cm³/mol. The van der Waals surface area contributed by atoms with E-state index in [0.717, 1.165) is 30.6 Å². The fourth-order valence-corrected chi connectivity index (χ4v) is 3.88. The fraction of sp³-hybridized carbons (Fsp3) is 0.562. The predicted octanol–water partition coefficient (Wildman–Crippen LogP) is 1.77. The Morgan fingerprint density at radius 1 is 1.25 bits per heavy atom. The summed E-state index contributed by atoms with van der Waals surface area (Å²) in [6.45, 7) is 0.678. The van der Waals surface area contributed by atoms with Crippen LogP contribution >= 0.6 is 0 Å². The number of fused-ring (bicyclic) bond motifs is 3. The lowest BCUT2D eigenvalue weighted by Gasteiger charge is -2.29. The molecule has 3 aliphatic heterocycles. The monoisotopic (exact) mass is 272 g/mol. The topological polar surface area (TPSA) is 50.4 Å². The first kappa shape index (κ1) is 12.2. The number of ether oxygens (including phenoxy) is 1. The highest BCUT2D eigenvalue weighted by Crippen LogP contribution is 2.35. The van der Waals surface area contributed by atoms with E-state index in [9.17, 15) is 4.79 Å². The molecule has 4 unspecified atom stereocenters. The molecule has 2 N–H and O–H groups in total. The van der Waals surface area contributed by atoms with Crippen molar-refractivity contribution in [3.05, 3.63) is 29.8 Å². The third-order valence-electron chi connectivity index (χ3n) is 4.91. The molecule has 0 radical (unpaired) electrons. The van der Waals surface area contributed by atoms with E-state index in [2.05, 4.69) is 16.7 Å². The molecule has 2 bridgehead atoms. The Balaban J connectivity index is 1.48. The van der Waals surface area contributed by atoms with E-state index in [-0.39, 0.29) is 17.9 Å². The minimum atomic E-state index is 0.103. The number of para-hydroxylation sites is 1. The summed E-state index contributed by atoms with van der Waals surface area (Å²) in [5.41, 5.74) is 1.11. The highest BCUT2D eigenvalue weighted by Gasteiger charge is 2.43. The third kappa shape index (κ3) is 1.99. The van der Waals surface area contributed by atoms with Gasteiger partial charge in [-0.25, -0.2) is 0 Å². The second kappa shape index (κ2) is 4.77. The van der Waals surface area contributed by atoms with Crippen LogP contribution in [0.5, 0.6) is 5.75 Å². The summed E-state index contributed by atoms with van der Waals surface area (Å²) in [5.74, 6) is 1.28. The van der Waals surface area contributed by atoms with Gasteiger partial charge >= 0.3 is 0 Å². The van der Waals surface area contributed by atoms with Crippen LogP contribution in [0.2, 0.25) is 0 Å². The number of carbonyl (C=O) groups is 1. The van der Waals surface area contributed by atoms with Gasteiger partial charge in [0.05, 0.1) is 18.6 Å². The molecule has 3 aliphatic rings. The van der Waals surface area contributed by atoms with Gasteiger partial charge in [-0.3, -0.25) is 4.79 Å². The standard InChI is InChI=1S/C16H20N2O2/c19-16(12-9-10-5-6-13(12)17-10)18-14-7-8-20-15-4-2-1-3-11(14)15/h1-4,10,12-14,17H,5-9H2,(H,18,19). The summed E-state index contributed by atoms with van der Waals surface area (Å²) in [5, 5.41) is 6.77. The van der Waals surface area contributed by atoms with E-state index < -0.39 is 0 Å². The van der Waals surface area contributed by atoms with Gasteiger partial charge in [0.25, 0.3) is 0 Å². The Hall–Kier alpha value is -1.55. The summed E-state index contributed by atoms with van der Waals surface area (Å²) in [6.07, 6.45) is 4.24. The van der Waals surface area contributed by atoms with Crippen molar-refractivity contribution in [1.29, 1.82) is 0 Å². The van der Waals surface area contributed by atoms with Crippen molar-refractivity contribution in [1.82, 2.24) is 10.6 Å². The van der Waals surface area contributed by atoms with Crippen LogP contribution in [0, 0.1) is 5.92 Å². The molecule has 4 atom stereocenters. The Bertz CT molecular complexity index is 531. The summed E-state index contributed by atoms with van der Waals surface area (Å²) >= 11 is 0. The molecule has 2 fully saturated rings. The molecule has 4 rings (SSSR count). The van der Waals surface area contributed by atoms with Crippen molar-refractivity contribution < 1.29 is 9.53 Å². The van der Waals surface area contributed by atoms with Gasteiger partial charge in [0.15, 0.2) is 0 Å². The molecule has 3 heterocycles. The van der Waals surface area contributed by atoms with E-state index in [1.165, 1.54) is 6.42 Å². The summed E-state index contributed by atoms with van der Waals surface area (Å²) in [6, 6.07) is 9.08. The van der Waals surface area contributed by atoms with Gasteiger partial charge < -0.3 is 15.4 Å². The lowest BCUT2D eigenvalue weighted by molar-refractivity contribution is -0.126. The first-order chi connectivity index (χ1) is 9.81. The zero-order chi connectivity index (χ0) is 13.5. The molecule has 1 aromatic carbocycles. The lowest BCUT2D eigenvalue weighted by Crippen LogP contribution is -2.40. The third-order valence-corrected chi connectivity index (χ3v) is 4.91. The fourth-order valence-electron chi connectivity index (χ4n) is 3.88. The number of rotatable bonds is 2. The molecular weight excluding hydrogens is 252 g/mol. The smallest absolute Gasteiger partial charge is 0.225 e. The van der Waals surface area contributed by atoms with Gasteiger partial charge in [0.2, 0.25) is 5.91 Å². The van der Waals surface area contributed by atoms with Crippen LogP contribution in [-0.2, 0) is 4.79 Å². The zero-order valence-electron chi connectivity index (χ0n) is 11.5. The van der Waals surface area contributed by atoms with Crippen LogP contribution in [0.15, 0.2) is 24.3 Å². The van der Waals surface area contributed by atoms with Crippen molar-refractivity contribution in [3.8, 4) is 5.75 Å². The SMILES string of the molecule is O=C(NC1CCOc2ccccc21)C1CC2CCC1N2. The van der Waals surface area contributed by atoms with Crippen molar-refractivity contribution in [2.24, 2.45) is 5.92 Å². The number of hydrogen-bond donors (Lipinski definition) is 2. The number of hydrogen-bond acceptors (Lipinski definition) is 3. The number of amides is 1. The maximum atomic E-state index is 12.5. The van der Waals surface area contributed by atoms with Crippen molar-refractivity contribution in [2.45, 2.75) is 43.8 Å². The van der Waals surface area contributed by atoms with Crippen molar-refractivity contribution in [2.75, 3.05) is 6.61 Å². The Morgan fingerprint density at radius 2 is 2.15 bits per heavy atom. The molecule has 1 aromatic rings. The first-order valence-corrected chi connectivity index (χ1v) is 7.59. The minimum absolute atomic E-state index is 0.103. The maximum absolute atomic E-state index is 12.5. The average molecular weight is 272 g/mol. The van der Waals surface area contributed by atoms with Gasteiger partial charge in [-0.2, -0.15) is 0 Å². The van der Waals surface area contributed by atoms with E-state index >= 15 is 0 Å². The molecule has 4 heteroatoms. The molecule has 106 valence electrons. The minimum Gasteiger partial charge on any atom is -0.493 e. The van der Waals surface area contributed by atoms with Crippen LogP contribution in [0.25, 0.3) is 0 Å². The van der Waals surface area contributed by atoms with Crippen LogP contribution in [0.4, 0.5) is 0 Å². The Morgan fingerprint density at radius 3 is 2.95 bits per heavy atom. The number of carbonyl (C=O) groups excluding carboxylic acids is 1. The lowest BCUT2D eigenvalue weighted by atomic mass is 9.88. The molecule has 0 saturated carbocycles. The van der Waals surface area contributed by atoms with E-state index in [1.54, 1.807) is 0 Å². The van der Waals surface area contributed by atoms with Gasteiger partial charge in [0.1, 0.15) is 5.75 Å². The van der Waals surface area contributed by atoms with Gasteiger partial charge in [-0.05, 0) is 25.3 Å². The highest BCUT2D eigenvalue weighted by molar-refractivity contribution is 5.80. The number of benzene rings is 1. The van der Waals surface area contributed by atoms with Crippen LogP contribution < -0.4 is 15.4 Å². The van der Waals surface area contributed by atoms with E-state index in [4.69, 9.17) is 4.74 Å². The highest BCUT2D eigenvalue weighted by atomic mass is 16.5. The molecule has 1 amide bonds. The number of nitrogens with one attached hydrogen (secondary N) is 2. The van der Waals surface area contributed by atoms with E-state index in [0.29, 0.717) is 18.7 Å². The summed E-state index contributed by atoms with van der Waals surface area (Å²) < 4.78 is 5.65. The van der Waals surface area contributed by atoms with Crippen LogP contribution in [-0.4, -0.2) is 24.6 Å². The maximum Gasteiger partial charge on any atom is 0.225 e. The summed E-state index contributed by atoms with van der Waals surface area (Å²) in [4.78, 5) is 12.5. The molecule has 0 aliphatic carbocycles. The van der Waals surface area contributed by atoms with Crippen LogP contribution in [0.1, 0.15) is 37.3 Å². The van der Waals surface area contributed by atoms with Gasteiger partial charge in [0, 0.05) is 24.1 Å². The first-order valence-electron chi connectivity index (χ1n) is 7.59. The largest absolute Gasteiger partial charge is 0.493 e. The molecular formula is C16H20N2O2. The molecule has 0 aromatic heterocycles. The molecule has 0 spiro atoms. The Labute approximate surface area is 118 Å². The second-order valence-corrected chi connectivity index (χ2v) is 6.13. The van der Waals surface area contributed by atoms with Crippen molar-refractivity contribution in [3.63, 3.8) is 0 Å². The summed E-state index contributed by atoms with van der Waals surface area (Å²) in [7, 11) is 0. The van der Waals surface area contributed by atoms with Crippen molar-refractivity contribution >= 4 is 5.91 Å². The zero-order valence-corrected chi connectivity index (χ0v) is 11.5. The van der Waals surface area contributed by atoms with Crippen LogP contribution in [0.3, 0.4) is 0 Å². The quantitative estimate of drug-likeness (QED) is 0.862. The second-order valence-electron chi connectivity index (χ2n) is 6.13. The molecule has 2 saturated heterocycles. The van der Waals surface area contributed by atoms with Gasteiger partial charge in [-0.15, -0.1) is 0 Å². The molecule has 20 heavy (non-hydrogen) atoms.